The second-order valence-corrected chi connectivity index (χ2v) is 2.71. The second-order valence-electron chi connectivity index (χ2n) is 2.71. The predicted molar refractivity (Wildman–Crippen MR) is 45.6 cm³/mol. The number of benzene rings is 1. The third-order valence-electron chi connectivity index (χ3n) is 2.04. The molecule has 0 unspecified atom stereocenters. The molecule has 2 heteroatoms. The standard InChI is InChI=1S/C10H9FO/c1-2-7-8-5-6-12-10(8)4-3-9(7)11/h3-6H,2H2,1H3. The van der Waals surface area contributed by atoms with Crippen molar-refractivity contribution < 1.29 is 8.81 Å². The monoisotopic (exact) mass is 164 g/mol. The molecule has 1 aromatic carbocycles. The van der Waals surface area contributed by atoms with Gasteiger partial charge in [0, 0.05) is 5.39 Å². The number of hydrogen-bond donors (Lipinski definition) is 0. The molecule has 0 atom stereocenters. The van der Waals surface area contributed by atoms with Crippen molar-refractivity contribution in [2.24, 2.45) is 0 Å². The minimum absolute atomic E-state index is 0.147. The number of furan rings is 1. The van der Waals surface area contributed by atoms with E-state index < -0.39 is 0 Å². The van der Waals surface area contributed by atoms with Crippen LogP contribution < -0.4 is 0 Å². The zero-order valence-electron chi connectivity index (χ0n) is 6.80. The maximum atomic E-state index is 13.2. The molecule has 2 rings (SSSR count). The molecule has 0 aliphatic carbocycles. The summed E-state index contributed by atoms with van der Waals surface area (Å²) in [4.78, 5) is 0. The lowest BCUT2D eigenvalue weighted by atomic mass is 10.1. The van der Waals surface area contributed by atoms with E-state index in [9.17, 15) is 4.39 Å². The third-order valence-corrected chi connectivity index (χ3v) is 2.04. The van der Waals surface area contributed by atoms with Crippen molar-refractivity contribution in [1.29, 1.82) is 0 Å². The summed E-state index contributed by atoms with van der Waals surface area (Å²) in [5.74, 6) is -0.147. The maximum Gasteiger partial charge on any atom is 0.134 e. The van der Waals surface area contributed by atoms with Gasteiger partial charge in [0.15, 0.2) is 0 Å². The molecule has 1 aromatic heterocycles. The molecule has 62 valence electrons. The van der Waals surface area contributed by atoms with E-state index >= 15 is 0 Å². The van der Waals surface area contributed by atoms with Crippen LogP contribution in [0.2, 0.25) is 0 Å². The molecule has 0 spiro atoms. The highest BCUT2D eigenvalue weighted by Gasteiger charge is 2.06. The predicted octanol–water partition coefficient (Wildman–Crippen LogP) is 3.13. The van der Waals surface area contributed by atoms with E-state index in [0.717, 1.165) is 16.5 Å². The van der Waals surface area contributed by atoms with Crippen molar-refractivity contribution in [2.45, 2.75) is 13.3 Å². The first-order valence-corrected chi connectivity index (χ1v) is 3.97. The smallest absolute Gasteiger partial charge is 0.134 e. The summed E-state index contributed by atoms with van der Waals surface area (Å²) in [7, 11) is 0. The van der Waals surface area contributed by atoms with Gasteiger partial charge < -0.3 is 4.42 Å². The van der Waals surface area contributed by atoms with Gasteiger partial charge in [-0.1, -0.05) is 6.92 Å². The van der Waals surface area contributed by atoms with E-state index in [2.05, 4.69) is 0 Å². The minimum Gasteiger partial charge on any atom is -0.464 e. The molecule has 1 nitrogen and oxygen atoms in total. The summed E-state index contributed by atoms with van der Waals surface area (Å²) >= 11 is 0. The van der Waals surface area contributed by atoms with Crippen LogP contribution in [0.15, 0.2) is 28.9 Å². The summed E-state index contributed by atoms with van der Waals surface area (Å²) in [6.45, 7) is 1.94. The first kappa shape index (κ1) is 7.35. The molecule has 0 fully saturated rings. The van der Waals surface area contributed by atoms with Crippen molar-refractivity contribution in [1.82, 2.24) is 0 Å². The number of fused-ring (bicyclic) bond motifs is 1. The lowest BCUT2D eigenvalue weighted by Gasteiger charge is -1.99. The van der Waals surface area contributed by atoms with Crippen molar-refractivity contribution in [3.8, 4) is 0 Å². The summed E-state index contributed by atoms with van der Waals surface area (Å²) in [6.07, 6.45) is 2.28. The Bertz CT molecular complexity index is 403. The summed E-state index contributed by atoms with van der Waals surface area (Å²) in [5, 5.41) is 0.887. The quantitative estimate of drug-likeness (QED) is 0.631. The number of hydrogen-bond acceptors (Lipinski definition) is 1. The minimum atomic E-state index is -0.147. The number of rotatable bonds is 1. The zero-order valence-corrected chi connectivity index (χ0v) is 6.80. The molecule has 0 saturated heterocycles. The molecule has 0 aliphatic heterocycles. The SMILES string of the molecule is CCc1c(F)ccc2occc12. The Kier molecular flexibility index (Phi) is 1.61. The summed E-state index contributed by atoms with van der Waals surface area (Å²) in [5.41, 5.74) is 1.49. The second kappa shape index (κ2) is 2.63. The highest BCUT2D eigenvalue weighted by molar-refractivity contribution is 5.81. The Morgan fingerprint density at radius 3 is 2.92 bits per heavy atom. The van der Waals surface area contributed by atoms with Gasteiger partial charge in [-0.15, -0.1) is 0 Å². The maximum absolute atomic E-state index is 13.2. The zero-order chi connectivity index (χ0) is 8.55. The van der Waals surface area contributed by atoms with Crippen molar-refractivity contribution in [2.75, 3.05) is 0 Å². The van der Waals surface area contributed by atoms with Crippen LogP contribution in [0.4, 0.5) is 4.39 Å². The Morgan fingerprint density at radius 1 is 1.33 bits per heavy atom. The molecule has 0 amide bonds. The fourth-order valence-electron chi connectivity index (χ4n) is 1.44. The van der Waals surface area contributed by atoms with Gasteiger partial charge in [0.2, 0.25) is 0 Å². The van der Waals surface area contributed by atoms with E-state index in [1.165, 1.54) is 6.07 Å². The topological polar surface area (TPSA) is 13.1 Å². The Hall–Kier alpha value is -1.31. The molecule has 0 aliphatic rings. The Morgan fingerprint density at radius 2 is 2.17 bits per heavy atom. The molecule has 1 heterocycles. The molecular weight excluding hydrogens is 155 g/mol. The molecule has 12 heavy (non-hydrogen) atoms. The van der Waals surface area contributed by atoms with Crippen LogP contribution in [0.1, 0.15) is 12.5 Å². The average molecular weight is 164 g/mol. The highest BCUT2D eigenvalue weighted by Crippen LogP contribution is 2.22. The van der Waals surface area contributed by atoms with Gasteiger partial charge in [0.25, 0.3) is 0 Å². The normalized spacial score (nSPS) is 10.8. The van der Waals surface area contributed by atoms with Gasteiger partial charge in [0.1, 0.15) is 11.4 Å². The van der Waals surface area contributed by atoms with E-state index in [0.29, 0.717) is 6.42 Å². The number of halogens is 1. The lowest BCUT2D eigenvalue weighted by molar-refractivity contribution is 0.603. The number of aryl methyl sites for hydroxylation is 1. The van der Waals surface area contributed by atoms with E-state index in [1.807, 2.05) is 6.92 Å². The van der Waals surface area contributed by atoms with Crippen LogP contribution >= 0.6 is 0 Å². The van der Waals surface area contributed by atoms with Crippen LogP contribution in [0.3, 0.4) is 0 Å². The molecule has 0 bridgehead atoms. The van der Waals surface area contributed by atoms with Gasteiger partial charge in [0.05, 0.1) is 6.26 Å². The van der Waals surface area contributed by atoms with E-state index in [1.54, 1.807) is 18.4 Å². The van der Waals surface area contributed by atoms with Gasteiger partial charge in [-0.25, -0.2) is 4.39 Å². The fourth-order valence-corrected chi connectivity index (χ4v) is 1.44. The first-order valence-electron chi connectivity index (χ1n) is 3.97. The molecule has 0 N–H and O–H groups in total. The van der Waals surface area contributed by atoms with Crippen molar-refractivity contribution in [3.05, 3.63) is 35.8 Å². The van der Waals surface area contributed by atoms with E-state index in [-0.39, 0.29) is 5.82 Å². The van der Waals surface area contributed by atoms with E-state index in [4.69, 9.17) is 4.42 Å². The fraction of sp³-hybridized carbons (Fsp3) is 0.200. The van der Waals surface area contributed by atoms with Crippen LogP contribution in [0, 0.1) is 5.82 Å². The highest BCUT2D eigenvalue weighted by atomic mass is 19.1. The Labute approximate surface area is 69.8 Å². The molecular formula is C10H9FO. The molecule has 0 radical (unpaired) electrons. The largest absolute Gasteiger partial charge is 0.464 e. The van der Waals surface area contributed by atoms with Crippen LogP contribution in [0.25, 0.3) is 11.0 Å². The van der Waals surface area contributed by atoms with Gasteiger partial charge in [-0.05, 0) is 30.2 Å². The van der Waals surface area contributed by atoms with Crippen LogP contribution in [-0.2, 0) is 6.42 Å². The Balaban J connectivity index is 2.83. The van der Waals surface area contributed by atoms with Crippen LogP contribution in [-0.4, -0.2) is 0 Å². The lowest BCUT2D eigenvalue weighted by Crippen LogP contribution is -1.86. The summed E-state index contributed by atoms with van der Waals surface area (Å²) < 4.78 is 18.3. The van der Waals surface area contributed by atoms with Gasteiger partial charge in [-0.2, -0.15) is 0 Å². The van der Waals surface area contributed by atoms with Gasteiger partial charge in [-0.3, -0.25) is 0 Å². The third kappa shape index (κ3) is 0.916. The molecule has 2 aromatic rings. The van der Waals surface area contributed by atoms with Crippen LogP contribution in [0.5, 0.6) is 0 Å². The van der Waals surface area contributed by atoms with Gasteiger partial charge >= 0.3 is 0 Å². The first-order chi connectivity index (χ1) is 5.83. The summed E-state index contributed by atoms with van der Waals surface area (Å²) in [6, 6.07) is 4.91. The van der Waals surface area contributed by atoms with Crippen molar-refractivity contribution >= 4 is 11.0 Å². The molecule has 0 saturated carbocycles. The van der Waals surface area contributed by atoms with Crippen molar-refractivity contribution in [3.63, 3.8) is 0 Å². The average Bonchev–Trinajstić information content (AvgIpc) is 2.52.